The van der Waals surface area contributed by atoms with Gasteiger partial charge in [0.15, 0.2) is 0 Å². The molecule has 2 aromatic rings. The molecule has 2 aromatic carbocycles. The topological polar surface area (TPSA) is 61.4 Å². The molecule has 0 bridgehead atoms. The Labute approximate surface area is 135 Å². The molecule has 0 aromatic heterocycles. The van der Waals surface area contributed by atoms with Gasteiger partial charge in [0.1, 0.15) is 0 Å². The third-order valence-electron chi connectivity index (χ3n) is 3.28. The summed E-state index contributed by atoms with van der Waals surface area (Å²) in [6.07, 6.45) is 0. The number of aliphatic hydroxyl groups excluding tert-OH is 1. The lowest BCUT2D eigenvalue weighted by Crippen LogP contribution is -2.26. The monoisotopic (exact) mass is 318 g/mol. The lowest BCUT2D eigenvalue weighted by atomic mass is 10.1. The summed E-state index contributed by atoms with van der Waals surface area (Å²) in [5.74, 6) is -0.197. The fourth-order valence-corrected chi connectivity index (χ4v) is 2.23. The highest BCUT2D eigenvalue weighted by Crippen LogP contribution is 2.21. The molecule has 1 atom stereocenters. The van der Waals surface area contributed by atoms with E-state index in [1.165, 1.54) is 0 Å². The van der Waals surface area contributed by atoms with Gasteiger partial charge in [-0.3, -0.25) is 4.79 Å². The summed E-state index contributed by atoms with van der Waals surface area (Å²) < 4.78 is 0. The zero-order valence-electron chi connectivity index (χ0n) is 12.3. The van der Waals surface area contributed by atoms with Gasteiger partial charge in [-0.1, -0.05) is 29.8 Å². The predicted octanol–water partition coefficient (Wildman–Crippen LogP) is 3.24. The van der Waals surface area contributed by atoms with Gasteiger partial charge in [-0.2, -0.15) is 0 Å². The number of rotatable bonds is 6. The van der Waals surface area contributed by atoms with Crippen molar-refractivity contribution in [2.24, 2.45) is 0 Å². The van der Waals surface area contributed by atoms with Crippen molar-refractivity contribution in [1.82, 2.24) is 5.32 Å². The second-order valence-corrected chi connectivity index (χ2v) is 5.41. The highest BCUT2D eigenvalue weighted by Gasteiger charge is 2.08. The maximum atomic E-state index is 11.9. The molecule has 5 heteroatoms. The molecule has 22 heavy (non-hydrogen) atoms. The van der Waals surface area contributed by atoms with Gasteiger partial charge in [-0.15, -0.1) is 0 Å². The maximum Gasteiger partial charge on any atom is 0.251 e. The van der Waals surface area contributed by atoms with Gasteiger partial charge in [-0.05, 0) is 42.8 Å². The summed E-state index contributed by atoms with van der Waals surface area (Å²) >= 11 is 5.89. The number of benzene rings is 2. The van der Waals surface area contributed by atoms with Crippen LogP contribution in [-0.4, -0.2) is 24.2 Å². The average Bonchev–Trinajstić information content (AvgIpc) is 2.53. The number of carbonyl (C=O) groups is 1. The molecule has 2 rings (SSSR count). The Morgan fingerprint density at radius 2 is 1.95 bits per heavy atom. The van der Waals surface area contributed by atoms with Gasteiger partial charge >= 0.3 is 0 Å². The Morgan fingerprint density at radius 1 is 1.23 bits per heavy atom. The second kappa shape index (κ2) is 7.82. The van der Waals surface area contributed by atoms with Gasteiger partial charge < -0.3 is 15.7 Å². The van der Waals surface area contributed by atoms with Crippen molar-refractivity contribution < 1.29 is 9.90 Å². The number of hydrogen-bond donors (Lipinski definition) is 3. The summed E-state index contributed by atoms with van der Waals surface area (Å²) in [4.78, 5) is 11.9. The first-order valence-corrected chi connectivity index (χ1v) is 7.49. The Bertz CT molecular complexity index is 629. The van der Waals surface area contributed by atoms with Crippen LogP contribution in [0.25, 0.3) is 0 Å². The molecule has 3 N–H and O–H groups in total. The number of carbonyl (C=O) groups excluding carboxylic acids is 1. The summed E-state index contributed by atoms with van der Waals surface area (Å²) in [7, 11) is 0. The van der Waals surface area contributed by atoms with E-state index in [0.717, 1.165) is 11.3 Å². The molecule has 0 saturated carbocycles. The summed E-state index contributed by atoms with van der Waals surface area (Å²) in [5.41, 5.74) is 2.53. The molecule has 0 aliphatic carbocycles. The number of anilines is 1. The van der Waals surface area contributed by atoms with Crippen LogP contribution in [0.1, 0.15) is 28.9 Å². The van der Waals surface area contributed by atoms with Crippen LogP contribution >= 0.6 is 11.6 Å². The summed E-state index contributed by atoms with van der Waals surface area (Å²) in [5, 5.41) is 15.4. The minimum atomic E-state index is -0.197. The van der Waals surface area contributed by atoms with Gasteiger partial charge in [-0.25, -0.2) is 0 Å². The Balaban J connectivity index is 2.06. The Hall–Kier alpha value is -2.04. The van der Waals surface area contributed by atoms with Gasteiger partial charge in [0, 0.05) is 28.9 Å². The van der Waals surface area contributed by atoms with E-state index in [-0.39, 0.29) is 25.1 Å². The lowest BCUT2D eigenvalue weighted by Gasteiger charge is -2.16. The smallest absolute Gasteiger partial charge is 0.251 e. The fraction of sp³-hybridized carbons (Fsp3) is 0.235. The average molecular weight is 319 g/mol. The fourth-order valence-electron chi connectivity index (χ4n) is 2.11. The van der Waals surface area contributed by atoms with Crippen molar-refractivity contribution in [2.75, 3.05) is 18.5 Å². The van der Waals surface area contributed by atoms with Crippen LogP contribution in [0, 0.1) is 0 Å². The highest BCUT2D eigenvalue weighted by atomic mass is 35.5. The second-order valence-electron chi connectivity index (χ2n) is 4.98. The third-order valence-corrected chi connectivity index (χ3v) is 3.53. The number of nitrogens with one attached hydrogen (secondary N) is 2. The molecule has 4 nitrogen and oxygen atoms in total. The molecule has 0 spiro atoms. The molecule has 0 aliphatic heterocycles. The van der Waals surface area contributed by atoms with Crippen molar-refractivity contribution in [1.29, 1.82) is 0 Å². The lowest BCUT2D eigenvalue weighted by molar-refractivity contribution is 0.0945. The quantitative estimate of drug-likeness (QED) is 0.766. The highest BCUT2D eigenvalue weighted by molar-refractivity contribution is 6.30. The largest absolute Gasteiger partial charge is 0.395 e. The van der Waals surface area contributed by atoms with E-state index in [4.69, 9.17) is 16.7 Å². The number of halogens is 1. The van der Waals surface area contributed by atoms with E-state index in [9.17, 15) is 4.79 Å². The van der Waals surface area contributed by atoms with Crippen LogP contribution in [0.5, 0.6) is 0 Å². The van der Waals surface area contributed by atoms with Crippen LogP contribution in [0.3, 0.4) is 0 Å². The molecule has 1 unspecified atom stereocenters. The van der Waals surface area contributed by atoms with Crippen molar-refractivity contribution in [3.8, 4) is 0 Å². The molecular weight excluding hydrogens is 300 g/mol. The van der Waals surface area contributed by atoms with E-state index < -0.39 is 0 Å². The molecule has 0 saturated heterocycles. The maximum absolute atomic E-state index is 11.9. The van der Waals surface area contributed by atoms with Gasteiger partial charge in [0.25, 0.3) is 5.91 Å². The van der Waals surface area contributed by atoms with Crippen molar-refractivity contribution >= 4 is 23.2 Å². The zero-order valence-corrected chi connectivity index (χ0v) is 13.1. The number of hydrogen-bond acceptors (Lipinski definition) is 3. The first kappa shape index (κ1) is 16.3. The molecule has 0 aliphatic rings. The van der Waals surface area contributed by atoms with Crippen molar-refractivity contribution in [2.45, 2.75) is 13.0 Å². The third kappa shape index (κ3) is 4.48. The Morgan fingerprint density at radius 3 is 2.64 bits per heavy atom. The summed E-state index contributed by atoms with van der Waals surface area (Å²) in [6.45, 7) is 2.22. The van der Waals surface area contributed by atoms with Gasteiger partial charge in [0.05, 0.1) is 6.61 Å². The van der Waals surface area contributed by atoms with E-state index in [1.807, 2.05) is 43.3 Å². The van der Waals surface area contributed by atoms with Crippen LogP contribution in [0.4, 0.5) is 5.69 Å². The van der Waals surface area contributed by atoms with Crippen LogP contribution in [-0.2, 0) is 0 Å². The van der Waals surface area contributed by atoms with E-state index in [1.54, 1.807) is 12.1 Å². The van der Waals surface area contributed by atoms with Crippen molar-refractivity contribution in [3.63, 3.8) is 0 Å². The first-order chi connectivity index (χ1) is 10.6. The normalized spacial score (nSPS) is 11.8. The molecular formula is C17H19ClN2O2. The van der Waals surface area contributed by atoms with Gasteiger partial charge in [0.2, 0.25) is 0 Å². The molecule has 116 valence electrons. The van der Waals surface area contributed by atoms with Crippen LogP contribution < -0.4 is 10.6 Å². The SMILES string of the molecule is CC(Nc1cccc(C(=O)NCCO)c1)c1ccc(Cl)cc1. The van der Waals surface area contributed by atoms with Crippen LogP contribution in [0.15, 0.2) is 48.5 Å². The molecule has 0 radical (unpaired) electrons. The predicted molar refractivity (Wildman–Crippen MR) is 89.4 cm³/mol. The zero-order chi connectivity index (χ0) is 15.9. The van der Waals surface area contributed by atoms with E-state index in [2.05, 4.69) is 10.6 Å². The molecule has 0 fully saturated rings. The summed E-state index contributed by atoms with van der Waals surface area (Å²) in [6, 6.07) is 15.0. The van der Waals surface area contributed by atoms with E-state index >= 15 is 0 Å². The minimum Gasteiger partial charge on any atom is -0.395 e. The molecule has 1 amide bonds. The first-order valence-electron chi connectivity index (χ1n) is 7.11. The number of amides is 1. The Kier molecular flexibility index (Phi) is 5.81. The molecule has 0 heterocycles. The van der Waals surface area contributed by atoms with E-state index in [0.29, 0.717) is 10.6 Å². The standard InChI is InChI=1S/C17H19ClN2O2/c1-12(13-5-7-15(18)8-6-13)20-16-4-2-3-14(11-16)17(22)19-9-10-21/h2-8,11-12,20-21H,9-10H2,1H3,(H,19,22). The van der Waals surface area contributed by atoms with Crippen molar-refractivity contribution in [3.05, 3.63) is 64.7 Å². The van der Waals surface area contributed by atoms with Crippen LogP contribution in [0.2, 0.25) is 5.02 Å². The number of aliphatic hydroxyl groups is 1. The minimum absolute atomic E-state index is 0.0721.